The smallest absolute Gasteiger partial charge is 0.237 e. The lowest BCUT2D eigenvalue weighted by atomic mass is 9.89. The van der Waals surface area contributed by atoms with E-state index in [1.165, 1.54) is 16.8 Å². The summed E-state index contributed by atoms with van der Waals surface area (Å²) in [4.78, 5) is 32.3. The average molecular weight is 388 g/mol. The zero-order valence-electron chi connectivity index (χ0n) is 18.5. The van der Waals surface area contributed by atoms with E-state index in [4.69, 9.17) is 0 Å². The van der Waals surface area contributed by atoms with Crippen molar-refractivity contribution in [2.24, 2.45) is 5.41 Å². The number of benzene rings is 1. The minimum Gasteiger partial charge on any atom is -0.368 e. The molecule has 0 N–H and O–H groups in total. The maximum absolute atomic E-state index is 13.2. The Labute approximate surface area is 170 Å². The van der Waals surface area contributed by atoms with Crippen LogP contribution in [-0.4, -0.2) is 60.9 Å². The predicted molar refractivity (Wildman–Crippen MR) is 116 cm³/mol. The van der Waals surface area contributed by atoms with Gasteiger partial charge in [0.15, 0.2) is 0 Å². The molecule has 1 saturated heterocycles. The summed E-state index contributed by atoms with van der Waals surface area (Å²) in [6, 6.07) is 6.37. The van der Waals surface area contributed by atoms with E-state index >= 15 is 0 Å². The van der Waals surface area contributed by atoms with Gasteiger partial charge in [0.2, 0.25) is 11.8 Å². The van der Waals surface area contributed by atoms with Crippen molar-refractivity contribution in [1.82, 2.24) is 9.80 Å². The highest BCUT2D eigenvalue weighted by Crippen LogP contribution is 2.27. The fourth-order valence-electron chi connectivity index (χ4n) is 3.97. The second-order valence-electron chi connectivity index (χ2n) is 8.42. The molecule has 0 aliphatic carbocycles. The highest BCUT2D eigenvalue weighted by molar-refractivity contribution is 6.04. The van der Waals surface area contributed by atoms with Crippen LogP contribution < -0.4 is 4.90 Å². The van der Waals surface area contributed by atoms with Crippen molar-refractivity contribution in [1.29, 1.82) is 0 Å². The summed E-state index contributed by atoms with van der Waals surface area (Å²) < 4.78 is 0. The number of rotatable bonds is 7. The molecule has 2 amide bonds. The van der Waals surface area contributed by atoms with E-state index in [0.29, 0.717) is 26.2 Å². The Balaban J connectivity index is 2.05. The van der Waals surface area contributed by atoms with Crippen molar-refractivity contribution in [3.63, 3.8) is 0 Å². The number of piperazine rings is 1. The second kappa shape index (κ2) is 9.44. The summed E-state index contributed by atoms with van der Waals surface area (Å²) in [5.74, 6) is -0.0894. The molecule has 1 aromatic rings. The first-order chi connectivity index (χ1) is 13.2. The van der Waals surface area contributed by atoms with E-state index in [-0.39, 0.29) is 11.8 Å². The van der Waals surface area contributed by atoms with Gasteiger partial charge in [-0.1, -0.05) is 26.0 Å². The van der Waals surface area contributed by atoms with E-state index in [1.54, 1.807) is 13.8 Å². The number of anilines is 1. The first-order valence-corrected chi connectivity index (χ1v) is 10.6. The van der Waals surface area contributed by atoms with Crippen LogP contribution in [0.4, 0.5) is 5.69 Å². The largest absolute Gasteiger partial charge is 0.368 e. The maximum atomic E-state index is 13.2. The van der Waals surface area contributed by atoms with Crippen molar-refractivity contribution < 1.29 is 9.59 Å². The molecule has 1 aromatic carbocycles. The first kappa shape index (κ1) is 22.3. The molecule has 5 nitrogen and oxygen atoms in total. The highest BCUT2D eigenvalue weighted by atomic mass is 16.2. The third kappa shape index (κ3) is 4.68. The number of carbonyl (C=O) groups excluding carboxylic acids is 2. The topological polar surface area (TPSA) is 43.9 Å². The molecule has 1 heterocycles. The number of nitrogens with zero attached hydrogens (tertiary/aromatic N) is 3. The fourth-order valence-corrected chi connectivity index (χ4v) is 3.97. The predicted octanol–water partition coefficient (Wildman–Crippen LogP) is 3.63. The summed E-state index contributed by atoms with van der Waals surface area (Å²) in [6.07, 6.45) is 1.81. The Morgan fingerprint density at radius 2 is 1.57 bits per heavy atom. The summed E-state index contributed by atoms with van der Waals surface area (Å²) >= 11 is 0. The molecule has 0 spiro atoms. The molecule has 28 heavy (non-hydrogen) atoms. The Morgan fingerprint density at radius 3 is 2.11 bits per heavy atom. The molecule has 0 saturated carbocycles. The summed E-state index contributed by atoms with van der Waals surface area (Å²) in [7, 11) is 0. The normalized spacial score (nSPS) is 14.9. The lowest BCUT2D eigenvalue weighted by Gasteiger charge is -2.40. The fraction of sp³-hybridized carbons (Fsp3) is 0.652. The third-order valence-electron chi connectivity index (χ3n) is 5.83. The van der Waals surface area contributed by atoms with Crippen LogP contribution in [0.5, 0.6) is 0 Å². The first-order valence-electron chi connectivity index (χ1n) is 10.6. The van der Waals surface area contributed by atoms with Gasteiger partial charge in [-0.25, -0.2) is 0 Å². The van der Waals surface area contributed by atoms with E-state index in [1.807, 2.05) is 9.80 Å². The molecule has 156 valence electrons. The van der Waals surface area contributed by atoms with Crippen molar-refractivity contribution in [3.05, 3.63) is 29.3 Å². The Kier molecular flexibility index (Phi) is 7.50. The molecule has 1 aliphatic heterocycles. The quantitative estimate of drug-likeness (QED) is 0.671. The third-order valence-corrected chi connectivity index (χ3v) is 5.83. The minimum absolute atomic E-state index is 0.0434. The van der Waals surface area contributed by atoms with E-state index in [9.17, 15) is 9.59 Å². The van der Waals surface area contributed by atoms with Crippen LogP contribution in [0.15, 0.2) is 18.2 Å². The van der Waals surface area contributed by atoms with Gasteiger partial charge >= 0.3 is 0 Å². The van der Waals surface area contributed by atoms with Crippen LogP contribution in [0.2, 0.25) is 0 Å². The molecule has 0 unspecified atom stereocenters. The monoisotopic (exact) mass is 387 g/mol. The summed E-state index contributed by atoms with van der Waals surface area (Å²) in [6.45, 7) is 16.3. The van der Waals surface area contributed by atoms with Gasteiger partial charge in [-0.2, -0.15) is 0 Å². The zero-order chi connectivity index (χ0) is 20.9. The molecule has 0 radical (unpaired) electrons. The van der Waals surface area contributed by atoms with Crippen LogP contribution in [0.25, 0.3) is 0 Å². The van der Waals surface area contributed by atoms with Crippen LogP contribution in [-0.2, 0) is 9.59 Å². The Morgan fingerprint density at radius 1 is 1.00 bits per heavy atom. The van der Waals surface area contributed by atoms with Crippen LogP contribution in [0.1, 0.15) is 51.7 Å². The number of carbonyl (C=O) groups is 2. The van der Waals surface area contributed by atoms with Gasteiger partial charge in [0.25, 0.3) is 0 Å². The van der Waals surface area contributed by atoms with Crippen LogP contribution in [0, 0.1) is 19.3 Å². The highest BCUT2D eigenvalue weighted by Gasteiger charge is 2.42. The molecule has 0 aromatic heterocycles. The lowest BCUT2D eigenvalue weighted by molar-refractivity contribution is -0.154. The number of hydrogen-bond donors (Lipinski definition) is 0. The van der Waals surface area contributed by atoms with Crippen molar-refractivity contribution in [3.8, 4) is 0 Å². The van der Waals surface area contributed by atoms with Crippen LogP contribution >= 0.6 is 0 Å². The van der Waals surface area contributed by atoms with E-state index in [2.05, 4.69) is 50.8 Å². The number of hydrogen-bond acceptors (Lipinski definition) is 3. The molecule has 0 bridgehead atoms. The maximum Gasteiger partial charge on any atom is 0.237 e. The molecule has 1 fully saturated rings. The van der Waals surface area contributed by atoms with Gasteiger partial charge in [0, 0.05) is 45.0 Å². The van der Waals surface area contributed by atoms with Gasteiger partial charge in [0.1, 0.15) is 5.41 Å². The van der Waals surface area contributed by atoms with Gasteiger partial charge in [-0.05, 0) is 57.7 Å². The average Bonchev–Trinajstić information content (AvgIpc) is 2.69. The van der Waals surface area contributed by atoms with Crippen LogP contribution in [0.3, 0.4) is 0 Å². The zero-order valence-corrected chi connectivity index (χ0v) is 18.5. The SMILES string of the molecule is CCCN(CCC)C(=O)C(C)(C)C(=O)N1CCN(c2cccc(C)c2C)CC1. The standard InChI is InChI=1S/C23H37N3O2/c1-7-12-25(13-8-2)21(27)23(5,6)22(28)26-16-14-24(15-17-26)20-11-9-10-18(3)19(20)4/h9-11H,7-8,12-17H2,1-6H3. The van der Waals surface area contributed by atoms with Gasteiger partial charge in [0.05, 0.1) is 0 Å². The molecular formula is C23H37N3O2. The van der Waals surface area contributed by atoms with E-state index in [0.717, 1.165) is 25.9 Å². The van der Waals surface area contributed by atoms with E-state index < -0.39 is 5.41 Å². The van der Waals surface area contributed by atoms with Crippen molar-refractivity contribution in [2.45, 2.75) is 54.4 Å². The van der Waals surface area contributed by atoms with Crippen molar-refractivity contribution >= 4 is 17.5 Å². The Bertz CT molecular complexity index is 685. The molecular weight excluding hydrogens is 350 g/mol. The molecule has 1 aliphatic rings. The number of amides is 2. The summed E-state index contributed by atoms with van der Waals surface area (Å²) in [5, 5.41) is 0. The van der Waals surface area contributed by atoms with Gasteiger partial charge in [-0.3, -0.25) is 9.59 Å². The van der Waals surface area contributed by atoms with Crippen molar-refractivity contribution in [2.75, 3.05) is 44.2 Å². The summed E-state index contributed by atoms with van der Waals surface area (Å²) in [5.41, 5.74) is 2.83. The number of aryl methyl sites for hydroxylation is 1. The molecule has 2 rings (SSSR count). The van der Waals surface area contributed by atoms with Gasteiger partial charge < -0.3 is 14.7 Å². The second-order valence-corrected chi connectivity index (χ2v) is 8.42. The molecule has 0 atom stereocenters. The minimum atomic E-state index is -1.01. The van der Waals surface area contributed by atoms with Gasteiger partial charge in [-0.15, -0.1) is 0 Å². The Hall–Kier alpha value is -2.04. The molecule has 5 heteroatoms. The lowest BCUT2D eigenvalue weighted by Crippen LogP contribution is -2.56.